The fourth-order valence-corrected chi connectivity index (χ4v) is 1.94. The van der Waals surface area contributed by atoms with Crippen molar-refractivity contribution >= 4 is 17.5 Å². The maximum absolute atomic E-state index is 11.2. The molecule has 0 radical (unpaired) electrons. The van der Waals surface area contributed by atoms with Crippen LogP contribution in [0, 0.1) is 23.0 Å². The largest absolute Gasteiger partial charge is 0.364 e. The van der Waals surface area contributed by atoms with Crippen LogP contribution in [0.4, 0.5) is 17.5 Å². The Morgan fingerprint density at radius 2 is 1.95 bits per heavy atom. The van der Waals surface area contributed by atoms with Crippen molar-refractivity contribution in [3.05, 3.63) is 15.8 Å². The average Bonchev–Trinajstić information content (AvgIpc) is 2.40. The summed E-state index contributed by atoms with van der Waals surface area (Å²) in [5.41, 5.74) is 0.335. The minimum absolute atomic E-state index is 0.0402. The molecule has 0 saturated carbocycles. The predicted molar refractivity (Wildman–Crippen MR) is 84.8 cm³/mol. The standard InChI is InChI=1S/C14H25N5O2/c1-5-8-16-14-17-11(4)12(19(20)21)13(18-14)15-9-6-7-10(2)3/h10H,5-9H2,1-4H3,(H2,15,16,17,18). The number of nitrogens with zero attached hydrogens (tertiary/aromatic N) is 3. The van der Waals surface area contributed by atoms with Crippen molar-refractivity contribution in [3.63, 3.8) is 0 Å². The Labute approximate surface area is 125 Å². The summed E-state index contributed by atoms with van der Waals surface area (Å²) >= 11 is 0. The highest BCUT2D eigenvalue weighted by Gasteiger charge is 2.21. The second-order valence-electron chi connectivity index (χ2n) is 5.48. The maximum atomic E-state index is 11.2. The smallest absolute Gasteiger partial charge is 0.332 e. The number of nitrogens with one attached hydrogen (secondary N) is 2. The van der Waals surface area contributed by atoms with Gasteiger partial charge in [-0.05, 0) is 32.1 Å². The van der Waals surface area contributed by atoms with Gasteiger partial charge in [0.2, 0.25) is 11.8 Å². The summed E-state index contributed by atoms with van der Waals surface area (Å²) in [6.45, 7) is 9.40. The molecule has 0 amide bonds. The first-order chi connectivity index (χ1) is 9.95. The lowest BCUT2D eigenvalue weighted by molar-refractivity contribution is -0.385. The molecular weight excluding hydrogens is 270 g/mol. The molecular formula is C14H25N5O2. The van der Waals surface area contributed by atoms with Crippen molar-refractivity contribution in [3.8, 4) is 0 Å². The third-order valence-electron chi connectivity index (χ3n) is 3.02. The molecule has 118 valence electrons. The summed E-state index contributed by atoms with van der Waals surface area (Å²) in [6.07, 6.45) is 2.97. The van der Waals surface area contributed by atoms with Gasteiger partial charge in [0.15, 0.2) is 0 Å². The molecule has 2 N–H and O–H groups in total. The molecule has 0 bridgehead atoms. The van der Waals surface area contributed by atoms with Gasteiger partial charge in [-0.1, -0.05) is 20.8 Å². The zero-order chi connectivity index (χ0) is 15.8. The Balaban J connectivity index is 2.85. The molecule has 0 aromatic carbocycles. The van der Waals surface area contributed by atoms with Gasteiger partial charge in [0.25, 0.3) is 0 Å². The van der Waals surface area contributed by atoms with Gasteiger partial charge in [0.05, 0.1) is 4.92 Å². The first kappa shape index (κ1) is 17.1. The van der Waals surface area contributed by atoms with E-state index in [0.717, 1.165) is 25.8 Å². The number of aryl methyl sites for hydroxylation is 1. The number of hydrogen-bond donors (Lipinski definition) is 2. The Kier molecular flexibility index (Phi) is 6.84. The first-order valence-electron chi connectivity index (χ1n) is 7.46. The van der Waals surface area contributed by atoms with E-state index in [-0.39, 0.29) is 5.69 Å². The van der Waals surface area contributed by atoms with Gasteiger partial charge in [-0.2, -0.15) is 4.98 Å². The van der Waals surface area contributed by atoms with E-state index in [1.807, 2.05) is 6.92 Å². The fourth-order valence-electron chi connectivity index (χ4n) is 1.94. The van der Waals surface area contributed by atoms with E-state index in [0.29, 0.717) is 29.9 Å². The van der Waals surface area contributed by atoms with Gasteiger partial charge < -0.3 is 10.6 Å². The Morgan fingerprint density at radius 3 is 2.52 bits per heavy atom. The van der Waals surface area contributed by atoms with Gasteiger partial charge in [-0.25, -0.2) is 4.98 Å². The van der Waals surface area contributed by atoms with Gasteiger partial charge in [0, 0.05) is 13.1 Å². The van der Waals surface area contributed by atoms with E-state index in [2.05, 4.69) is 34.4 Å². The molecule has 0 saturated heterocycles. The quantitative estimate of drug-likeness (QED) is 0.412. The van der Waals surface area contributed by atoms with Crippen LogP contribution >= 0.6 is 0 Å². The Bertz CT molecular complexity index is 477. The van der Waals surface area contributed by atoms with E-state index in [4.69, 9.17) is 0 Å². The normalized spacial score (nSPS) is 10.7. The van der Waals surface area contributed by atoms with Crippen LogP contribution in [-0.4, -0.2) is 28.0 Å². The van der Waals surface area contributed by atoms with E-state index in [1.165, 1.54) is 0 Å². The Morgan fingerprint density at radius 1 is 1.24 bits per heavy atom. The van der Waals surface area contributed by atoms with Gasteiger partial charge >= 0.3 is 5.69 Å². The lowest BCUT2D eigenvalue weighted by Crippen LogP contribution is -2.12. The van der Waals surface area contributed by atoms with Crippen molar-refractivity contribution in [2.45, 2.75) is 47.0 Å². The molecule has 1 heterocycles. The van der Waals surface area contributed by atoms with Gasteiger partial charge in [0.1, 0.15) is 5.69 Å². The molecule has 1 rings (SSSR count). The molecule has 1 aromatic heterocycles. The van der Waals surface area contributed by atoms with Gasteiger partial charge in [-0.15, -0.1) is 0 Å². The highest BCUT2D eigenvalue weighted by molar-refractivity contribution is 5.60. The van der Waals surface area contributed by atoms with Crippen LogP contribution in [0.25, 0.3) is 0 Å². The number of hydrogen-bond acceptors (Lipinski definition) is 6. The third-order valence-corrected chi connectivity index (χ3v) is 3.02. The second-order valence-corrected chi connectivity index (χ2v) is 5.48. The van der Waals surface area contributed by atoms with Crippen LogP contribution < -0.4 is 10.6 Å². The summed E-state index contributed by atoms with van der Waals surface area (Å²) in [4.78, 5) is 19.1. The molecule has 0 aliphatic heterocycles. The fraction of sp³-hybridized carbons (Fsp3) is 0.714. The molecule has 0 unspecified atom stereocenters. The van der Waals surface area contributed by atoms with Crippen LogP contribution in [0.3, 0.4) is 0 Å². The molecule has 0 atom stereocenters. The van der Waals surface area contributed by atoms with Crippen LogP contribution in [0.2, 0.25) is 0 Å². The minimum Gasteiger partial charge on any atom is -0.364 e. The first-order valence-corrected chi connectivity index (χ1v) is 7.46. The van der Waals surface area contributed by atoms with Gasteiger partial charge in [-0.3, -0.25) is 10.1 Å². The van der Waals surface area contributed by atoms with Crippen LogP contribution in [-0.2, 0) is 0 Å². The van der Waals surface area contributed by atoms with Crippen molar-refractivity contribution < 1.29 is 4.92 Å². The number of rotatable bonds is 9. The third kappa shape index (κ3) is 5.53. The molecule has 0 aliphatic carbocycles. The van der Waals surface area contributed by atoms with Crippen LogP contribution in [0.5, 0.6) is 0 Å². The summed E-state index contributed by atoms with van der Waals surface area (Å²) < 4.78 is 0. The highest BCUT2D eigenvalue weighted by atomic mass is 16.6. The van der Waals surface area contributed by atoms with E-state index in [1.54, 1.807) is 6.92 Å². The number of anilines is 2. The molecule has 7 nitrogen and oxygen atoms in total. The predicted octanol–water partition coefficient (Wildman–Crippen LogP) is 3.36. The molecule has 7 heteroatoms. The number of nitro groups is 1. The summed E-state index contributed by atoms with van der Waals surface area (Å²) in [5.74, 6) is 1.36. The van der Waals surface area contributed by atoms with Crippen LogP contribution in [0.1, 0.15) is 45.7 Å². The van der Waals surface area contributed by atoms with Crippen molar-refractivity contribution in [2.75, 3.05) is 23.7 Å². The van der Waals surface area contributed by atoms with E-state index < -0.39 is 4.92 Å². The Hall–Kier alpha value is -1.92. The monoisotopic (exact) mass is 295 g/mol. The second kappa shape index (κ2) is 8.39. The van der Waals surface area contributed by atoms with E-state index >= 15 is 0 Å². The van der Waals surface area contributed by atoms with Crippen molar-refractivity contribution in [1.82, 2.24) is 9.97 Å². The SMILES string of the molecule is CCCNc1nc(C)c([N+](=O)[O-])c(NCCCC(C)C)n1. The van der Waals surface area contributed by atoms with Crippen molar-refractivity contribution in [1.29, 1.82) is 0 Å². The zero-order valence-electron chi connectivity index (χ0n) is 13.3. The highest BCUT2D eigenvalue weighted by Crippen LogP contribution is 2.26. The molecule has 21 heavy (non-hydrogen) atoms. The molecule has 1 aromatic rings. The summed E-state index contributed by atoms with van der Waals surface area (Å²) in [7, 11) is 0. The number of aromatic nitrogens is 2. The summed E-state index contributed by atoms with van der Waals surface area (Å²) in [5, 5.41) is 17.3. The average molecular weight is 295 g/mol. The molecule has 0 spiro atoms. The molecule has 0 aliphatic rings. The zero-order valence-corrected chi connectivity index (χ0v) is 13.3. The van der Waals surface area contributed by atoms with Crippen molar-refractivity contribution in [2.24, 2.45) is 5.92 Å². The lowest BCUT2D eigenvalue weighted by atomic mass is 10.1. The lowest BCUT2D eigenvalue weighted by Gasteiger charge is -2.11. The minimum atomic E-state index is -0.427. The van der Waals surface area contributed by atoms with Crippen LogP contribution in [0.15, 0.2) is 0 Å². The maximum Gasteiger partial charge on any atom is 0.332 e. The topological polar surface area (TPSA) is 93.0 Å². The molecule has 0 fully saturated rings. The summed E-state index contributed by atoms with van der Waals surface area (Å²) in [6, 6.07) is 0. The van der Waals surface area contributed by atoms with E-state index in [9.17, 15) is 10.1 Å².